The minimum absolute atomic E-state index is 0.811. The van der Waals surface area contributed by atoms with Gasteiger partial charge >= 0.3 is 0 Å². The van der Waals surface area contributed by atoms with Gasteiger partial charge in [-0.25, -0.2) is 4.98 Å². The van der Waals surface area contributed by atoms with Gasteiger partial charge in [0.1, 0.15) is 5.65 Å². The van der Waals surface area contributed by atoms with E-state index in [-0.39, 0.29) is 0 Å². The number of fused-ring (bicyclic) bond motifs is 1. The SMILES string of the molecule is Cc1cccc(N(C)Cc2cn3ccccc3n2)c1. The molecule has 2 aromatic heterocycles. The van der Waals surface area contributed by atoms with E-state index in [2.05, 4.69) is 58.7 Å². The van der Waals surface area contributed by atoms with Crippen molar-refractivity contribution in [2.75, 3.05) is 11.9 Å². The first-order chi connectivity index (χ1) is 9.22. The number of pyridine rings is 1. The molecular formula is C16H17N3. The number of nitrogens with zero attached hydrogens (tertiary/aromatic N) is 3. The fraction of sp³-hybridized carbons (Fsp3) is 0.188. The number of benzene rings is 1. The number of rotatable bonds is 3. The molecule has 3 nitrogen and oxygen atoms in total. The lowest BCUT2D eigenvalue weighted by atomic mass is 10.2. The molecule has 2 heterocycles. The summed E-state index contributed by atoms with van der Waals surface area (Å²) in [5.74, 6) is 0. The Morgan fingerprint density at radius 1 is 1.16 bits per heavy atom. The Hall–Kier alpha value is -2.29. The standard InChI is InChI=1S/C16H17N3/c1-13-6-5-7-15(10-13)18(2)11-14-12-19-9-4-3-8-16(19)17-14/h3-10,12H,11H2,1-2H3. The van der Waals surface area contributed by atoms with Crippen LogP contribution in [0.15, 0.2) is 54.9 Å². The van der Waals surface area contributed by atoms with Gasteiger partial charge in [-0.3, -0.25) is 0 Å². The van der Waals surface area contributed by atoms with Gasteiger partial charge in [-0.05, 0) is 36.8 Å². The van der Waals surface area contributed by atoms with Crippen molar-refractivity contribution < 1.29 is 0 Å². The molecule has 0 atom stereocenters. The predicted molar refractivity (Wildman–Crippen MR) is 78.5 cm³/mol. The van der Waals surface area contributed by atoms with Gasteiger partial charge in [-0.1, -0.05) is 18.2 Å². The van der Waals surface area contributed by atoms with Gasteiger partial charge in [0.2, 0.25) is 0 Å². The second kappa shape index (κ2) is 4.76. The largest absolute Gasteiger partial charge is 0.369 e. The summed E-state index contributed by atoms with van der Waals surface area (Å²) >= 11 is 0. The topological polar surface area (TPSA) is 20.5 Å². The summed E-state index contributed by atoms with van der Waals surface area (Å²) in [6, 6.07) is 14.6. The Labute approximate surface area is 113 Å². The zero-order valence-corrected chi connectivity index (χ0v) is 11.2. The second-order valence-corrected chi connectivity index (χ2v) is 4.89. The highest BCUT2D eigenvalue weighted by Crippen LogP contribution is 2.16. The Morgan fingerprint density at radius 3 is 2.84 bits per heavy atom. The molecule has 0 spiro atoms. The average molecular weight is 251 g/mol. The van der Waals surface area contributed by atoms with Crippen LogP contribution in [-0.2, 0) is 6.54 Å². The van der Waals surface area contributed by atoms with Gasteiger partial charge in [-0.2, -0.15) is 0 Å². The van der Waals surface area contributed by atoms with Gasteiger partial charge in [0.25, 0.3) is 0 Å². The normalized spacial score (nSPS) is 10.8. The van der Waals surface area contributed by atoms with Crippen LogP contribution in [0.2, 0.25) is 0 Å². The summed E-state index contributed by atoms with van der Waals surface area (Å²) in [6.07, 6.45) is 4.11. The summed E-state index contributed by atoms with van der Waals surface area (Å²) in [6.45, 7) is 2.92. The van der Waals surface area contributed by atoms with Crippen LogP contribution in [0.1, 0.15) is 11.3 Å². The first-order valence-corrected chi connectivity index (χ1v) is 6.43. The van der Waals surface area contributed by atoms with Crippen molar-refractivity contribution in [3.63, 3.8) is 0 Å². The van der Waals surface area contributed by atoms with Gasteiger partial charge in [0, 0.05) is 25.1 Å². The highest BCUT2D eigenvalue weighted by Gasteiger charge is 2.05. The molecule has 0 saturated carbocycles. The summed E-state index contributed by atoms with van der Waals surface area (Å²) in [5, 5.41) is 0. The number of hydrogen-bond acceptors (Lipinski definition) is 2. The Balaban J connectivity index is 1.84. The molecule has 3 aromatic rings. The number of anilines is 1. The monoisotopic (exact) mass is 251 g/mol. The zero-order chi connectivity index (χ0) is 13.2. The smallest absolute Gasteiger partial charge is 0.137 e. The van der Waals surface area contributed by atoms with E-state index in [0.717, 1.165) is 17.9 Å². The molecule has 0 amide bonds. The maximum absolute atomic E-state index is 4.62. The third kappa shape index (κ3) is 2.45. The van der Waals surface area contributed by atoms with Crippen molar-refractivity contribution >= 4 is 11.3 Å². The van der Waals surface area contributed by atoms with Crippen LogP contribution in [0.3, 0.4) is 0 Å². The number of hydrogen-bond donors (Lipinski definition) is 0. The summed E-state index contributed by atoms with van der Waals surface area (Å²) in [7, 11) is 2.10. The summed E-state index contributed by atoms with van der Waals surface area (Å²) in [5.41, 5.74) is 4.57. The molecule has 96 valence electrons. The fourth-order valence-electron chi connectivity index (χ4n) is 2.26. The van der Waals surface area contributed by atoms with Crippen molar-refractivity contribution in [3.05, 3.63) is 66.1 Å². The average Bonchev–Trinajstić information content (AvgIpc) is 2.80. The minimum atomic E-state index is 0.811. The summed E-state index contributed by atoms with van der Waals surface area (Å²) in [4.78, 5) is 6.84. The van der Waals surface area contributed by atoms with Crippen molar-refractivity contribution in [1.82, 2.24) is 9.38 Å². The highest BCUT2D eigenvalue weighted by atomic mass is 15.1. The number of aromatic nitrogens is 2. The van der Waals surface area contributed by atoms with Crippen LogP contribution in [0, 0.1) is 6.92 Å². The molecule has 0 N–H and O–H groups in total. The molecule has 0 aliphatic rings. The van der Waals surface area contributed by atoms with Crippen LogP contribution in [0.25, 0.3) is 5.65 Å². The lowest BCUT2D eigenvalue weighted by Crippen LogP contribution is -2.16. The molecule has 0 fully saturated rings. The molecule has 0 unspecified atom stereocenters. The minimum Gasteiger partial charge on any atom is -0.369 e. The molecule has 0 bridgehead atoms. The molecule has 0 saturated heterocycles. The van der Waals surface area contributed by atoms with E-state index in [1.54, 1.807) is 0 Å². The molecule has 0 radical (unpaired) electrons. The second-order valence-electron chi connectivity index (χ2n) is 4.89. The third-order valence-electron chi connectivity index (χ3n) is 3.26. The molecule has 19 heavy (non-hydrogen) atoms. The van der Waals surface area contributed by atoms with E-state index in [0.29, 0.717) is 0 Å². The molecule has 0 aliphatic carbocycles. The van der Waals surface area contributed by atoms with Crippen molar-refractivity contribution in [1.29, 1.82) is 0 Å². The highest BCUT2D eigenvalue weighted by molar-refractivity contribution is 5.48. The van der Waals surface area contributed by atoms with Crippen LogP contribution in [-0.4, -0.2) is 16.4 Å². The van der Waals surface area contributed by atoms with Crippen LogP contribution in [0.4, 0.5) is 5.69 Å². The lowest BCUT2D eigenvalue weighted by molar-refractivity contribution is 0.895. The van der Waals surface area contributed by atoms with E-state index < -0.39 is 0 Å². The Morgan fingerprint density at radius 2 is 2.05 bits per heavy atom. The van der Waals surface area contributed by atoms with Crippen LogP contribution < -0.4 is 4.90 Å². The Kier molecular flexibility index (Phi) is 2.95. The molecule has 1 aromatic carbocycles. The summed E-state index contributed by atoms with van der Waals surface area (Å²) < 4.78 is 2.05. The molecule has 0 aliphatic heterocycles. The maximum Gasteiger partial charge on any atom is 0.137 e. The number of aryl methyl sites for hydroxylation is 1. The van der Waals surface area contributed by atoms with Crippen molar-refractivity contribution in [2.24, 2.45) is 0 Å². The van der Waals surface area contributed by atoms with E-state index in [4.69, 9.17) is 0 Å². The lowest BCUT2D eigenvalue weighted by Gasteiger charge is -2.18. The predicted octanol–water partition coefficient (Wildman–Crippen LogP) is 3.28. The maximum atomic E-state index is 4.62. The van der Waals surface area contributed by atoms with Gasteiger partial charge in [0.15, 0.2) is 0 Å². The van der Waals surface area contributed by atoms with E-state index >= 15 is 0 Å². The van der Waals surface area contributed by atoms with E-state index in [9.17, 15) is 0 Å². The van der Waals surface area contributed by atoms with Gasteiger partial charge in [0.05, 0.1) is 12.2 Å². The molecule has 3 rings (SSSR count). The first kappa shape index (κ1) is 11.8. The fourth-order valence-corrected chi connectivity index (χ4v) is 2.26. The van der Waals surface area contributed by atoms with Crippen molar-refractivity contribution in [2.45, 2.75) is 13.5 Å². The first-order valence-electron chi connectivity index (χ1n) is 6.43. The van der Waals surface area contributed by atoms with E-state index in [1.165, 1.54) is 11.3 Å². The van der Waals surface area contributed by atoms with Crippen LogP contribution in [0.5, 0.6) is 0 Å². The van der Waals surface area contributed by atoms with E-state index in [1.807, 2.05) is 24.4 Å². The van der Waals surface area contributed by atoms with Crippen LogP contribution >= 0.6 is 0 Å². The zero-order valence-electron chi connectivity index (χ0n) is 11.2. The third-order valence-corrected chi connectivity index (χ3v) is 3.26. The van der Waals surface area contributed by atoms with Crippen molar-refractivity contribution in [3.8, 4) is 0 Å². The Bertz CT molecular complexity index is 667. The van der Waals surface area contributed by atoms with Gasteiger partial charge in [-0.15, -0.1) is 0 Å². The quantitative estimate of drug-likeness (QED) is 0.712. The van der Waals surface area contributed by atoms with Gasteiger partial charge < -0.3 is 9.30 Å². The molecular weight excluding hydrogens is 234 g/mol. The molecule has 3 heteroatoms. The number of imidazole rings is 1.